The molecule has 0 saturated carbocycles. The molecule has 2 aromatic carbocycles. The Morgan fingerprint density at radius 1 is 0.970 bits per heavy atom. The van der Waals surface area contributed by atoms with Crippen LogP contribution in [0, 0.1) is 0 Å². The standard InChI is InChI=1S/C25H21ClN4O3/c1-16(31)17-4-7-19(8-5-17)28-11-13-29(14-12-28)24(32)20-3-2-10-30-23(20)27-22-9-6-18(26)15-21(22)25(30)33/h2-10,15H,11-14H2,1H3. The molecule has 7 nitrogen and oxygen atoms in total. The van der Waals surface area contributed by atoms with Crippen LogP contribution >= 0.6 is 11.6 Å². The van der Waals surface area contributed by atoms with E-state index in [2.05, 4.69) is 9.88 Å². The van der Waals surface area contributed by atoms with Crippen LogP contribution in [0.3, 0.4) is 0 Å². The number of aromatic nitrogens is 2. The molecule has 0 aliphatic carbocycles. The fraction of sp³-hybridized carbons (Fsp3) is 0.200. The fourth-order valence-corrected chi connectivity index (χ4v) is 4.38. The number of ketones is 1. The first-order valence-electron chi connectivity index (χ1n) is 10.7. The van der Waals surface area contributed by atoms with Crippen LogP contribution in [-0.2, 0) is 0 Å². The molecule has 4 aromatic rings. The van der Waals surface area contributed by atoms with Gasteiger partial charge in [0.15, 0.2) is 11.4 Å². The minimum absolute atomic E-state index is 0.0376. The molecule has 1 saturated heterocycles. The van der Waals surface area contributed by atoms with Crippen molar-refractivity contribution in [2.24, 2.45) is 0 Å². The Labute approximate surface area is 194 Å². The molecule has 1 aliphatic rings. The quantitative estimate of drug-likeness (QED) is 0.344. The number of amides is 1. The van der Waals surface area contributed by atoms with Gasteiger partial charge in [-0.05, 0) is 61.5 Å². The van der Waals surface area contributed by atoms with E-state index in [0.29, 0.717) is 58.9 Å². The number of carbonyl (C=O) groups excluding carboxylic acids is 2. The normalized spacial score (nSPS) is 14.1. The number of hydrogen-bond donors (Lipinski definition) is 0. The number of halogens is 1. The second kappa shape index (κ2) is 8.33. The van der Waals surface area contributed by atoms with Crippen molar-refractivity contribution in [1.29, 1.82) is 0 Å². The summed E-state index contributed by atoms with van der Waals surface area (Å²) < 4.78 is 1.40. The summed E-state index contributed by atoms with van der Waals surface area (Å²) in [5.41, 5.74) is 2.68. The Balaban J connectivity index is 1.40. The van der Waals surface area contributed by atoms with Gasteiger partial charge in [0.05, 0.1) is 16.5 Å². The molecule has 33 heavy (non-hydrogen) atoms. The highest BCUT2D eigenvalue weighted by Gasteiger charge is 2.25. The van der Waals surface area contributed by atoms with Gasteiger partial charge in [0.2, 0.25) is 0 Å². The van der Waals surface area contributed by atoms with Crippen LogP contribution in [0.2, 0.25) is 5.02 Å². The van der Waals surface area contributed by atoms with Gasteiger partial charge >= 0.3 is 0 Å². The SMILES string of the molecule is CC(=O)c1ccc(N2CCN(C(=O)c3cccn4c(=O)c5cc(Cl)ccc5nc34)CC2)cc1. The summed E-state index contributed by atoms with van der Waals surface area (Å²) in [7, 11) is 0. The molecule has 2 aromatic heterocycles. The number of nitrogens with zero attached hydrogens (tertiary/aromatic N) is 4. The average Bonchev–Trinajstić information content (AvgIpc) is 2.84. The summed E-state index contributed by atoms with van der Waals surface area (Å²) >= 11 is 6.05. The lowest BCUT2D eigenvalue weighted by molar-refractivity contribution is 0.0748. The largest absolute Gasteiger partial charge is 0.368 e. The number of pyridine rings is 1. The maximum Gasteiger partial charge on any atom is 0.265 e. The molecule has 0 unspecified atom stereocenters. The Hall–Kier alpha value is -3.71. The van der Waals surface area contributed by atoms with Crippen molar-refractivity contribution >= 4 is 45.5 Å². The lowest BCUT2D eigenvalue weighted by Crippen LogP contribution is -2.49. The van der Waals surface area contributed by atoms with Crippen LogP contribution in [0.25, 0.3) is 16.6 Å². The van der Waals surface area contributed by atoms with Gasteiger partial charge in [-0.1, -0.05) is 11.6 Å². The maximum atomic E-state index is 13.4. The molecule has 1 fully saturated rings. The molecular formula is C25H21ClN4O3. The third kappa shape index (κ3) is 3.85. The van der Waals surface area contributed by atoms with Crippen molar-refractivity contribution < 1.29 is 9.59 Å². The number of hydrogen-bond acceptors (Lipinski definition) is 5. The molecule has 3 heterocycles. The van der Waals surface area contributed by atoms with Crippen molar-refractivity contribution in [2.75, 3.05) is 31.1 Å². The smallest absolute Gasteiger partial charge is 0.265 e. The number of piperazine rings is 1. The molecular weight excluding hydrogens is 440 g/mol. The van der Waals surface area contributed by atoms with Crippen molar-refractivity contribution in [2.45, 2.75) is 6.92 Å². The predicted molar refractivity (Wildman–Crippen MR) is 129 cm³/mol. The van der Waals surface area contributed by atoms with Gasteiger partial charge in [0.25, 0.3) is 11.5 Å². The molecule has 5 rings (SSSR count). The summed E-state index contributed by atoms with van der Waals surface area (Å²) in [5, 5.41) is 0.872. The Morgan fingerprint density at radius 2 is 1.70 bits per heavy atom. The molecule has 166 valence electrons. The molecule has 1 aliphatic heterocycles. The number of rotatable bonds is 3. The van der Waals surface area contributed by atoms with Gasteiger partial charge in [-0.2, -0.15) is 0 Å². The number of fused-ring (bicyclic) bond motifs is 2. The first kappa shape index (κ1) is 21.2. The van der Waals surface area contributed by atoms with Gasteiger partial charge in [-0.3, -0.25) is 18.8 Å². The summed E-state index contributed by atoms with van der Waals surface area (Å²) in [6, 6.07) is 15.9. The second-order valence-corrected chi connectivity index (χ2v) is 8.51. The lowest BCUT2D eigenvalue weighted by atomic mass is 10.1. The molecule has 0 bridgehead atoms. The monoisotopic (exact) mass is 460 g/mol. The molecule has 1 amide bonds. The van der Waals surface area contributed by atoms with E-state index >= 15 is 0 Å². The Kier molecular flexibility index (Phi) is 5.34. The summed E-state index contributed by atoms with van der Waals surface area (Å²) in [5.74, 6) is -0.115. The molecule has 8 heteroatoms. The zero-order chi connectivity index (χ0) is 23.1. The Morgan fingerprint density at radius 3 is 2.39 bits per heavy atom. The Bertz CT molecular complexity index is 1450. The van der Waals surface area contributed by atoms with Gasteiger partial charge in [-0.25, -0.2) is 4.98 Å². The summed E-state index contributed by atoms with van der Waals surface area (Å²) in [6.45, 7) is 3.98. The molecule has 0 atom stereocenters. The third-order valence-corrected chi connectivity index (χ3v) is 6.27. The molecule has 0 spiro atoms. The summed E-state index contributed by atoms with van der Waals surface area (Å²) in [4.78, 5) is 46.4. The first-order valence-corrected chi connectivity index (χ1v) is 11.1. The van der Waals surface area contributed by atoms with Crippen LogP contribution in [0.15, 0.2) is 65.6 Å². The first-order chi connectivity index (χ1) is 15.9. The van der Waals surface area contributed by atoms with E-state index in [1.165, 1.54) is 4.40 Å². The highest BCUT2D eigenvalue weighted by molar-refractivity contribution is 6.31. The number of carbonyl (C=O) groups is 2. The van der Waals surface area contributed by atoms with Crippen LogP contribution in [0.4, 0.5) is 5.69 Å². The number of anilines is 1. The van der Waals surface area contributed by atoms with Gasteiger partial charge in [-0.15, -0.1) is 0 Å². The van der Waals surface area contributed by atoms with E-state index in [1.54, 1.807) is 48.4 Å². The van der Waals surface area contributed by atoms with Gasteiger partial charge < -0.3 is 9.80 Å². The zero-order valence-corrected chi connectivity index (χ0v) is 18.7. The van der Waals surface area contributed by atoms with E-state index in [4.69, 9.17) is 11.6 Å². The average molecular weight is 461 g/mol. The highest BCUT2D eigenvalue weighted by Crippen LogP contribution is 2.21. The van der Waals surface area contributed by atoms with E-state index in [0.717, 1.165) is 5.69 Å². The van der Waals surface area contributed by atoms with Gasteiger partial charge in [0, 0.05) is 48.6 Å². The van der Waals surface area contributed by atoms with Crippen molar-refractivity contribution in [3.8, 4) is 0 Å². The predicted octanol–water partition coefficient (Wildman–Crippen LogP) is 3.67. The highest BCUT2D eigenvalue weighted by atomic mass is 35.5. The topological polar surface area (TPSA) is 75.0 Å². The third-order valence-electron chi connectivity index (χ3n) is 6.04. The minimum Gasteiger partial charge on any atom is -0.368 e. The zero-order valence-electron chi connectivity index (χ0n) is 18.0. The van der Waals surface area contributed by atoms with Crippen LogP contribution in [0.5, 0.6) is 0 Å². The van der Waals surface area contributed by atoms with Crippen molar-refractivity contribution in [3.63, 3.8) is 0 Å². The van der Waals surface area contributed by atoms with E-state index in [1.807, 2.05) is 24.3 Å². The van der Waals surface area contributed by atoms with Crippen molar-refractivity contribution in [3.05, 3.63) is 87.3 Å². The second-order valence-electron chi connectivity index (χ2n) is 8.08. The summed E-state index contributed by atoms with van der Waals surface area (Å²) in [6.07, 6.45) is 1.62. The van der Waals surface area contributed by atoms with E-state index in [9.17, 15) is 14.4 Å². The van der Waals surface area contributed by atoms with Crippen LogP contribution in [0.1, 0.15) is 27.6 Å². The van der Waals surface area contributed by atoms with Crippen LogP contribution < -0.4 is 10.5 Å². The molecule has 0 N–H and O–H groups in total. The molecule has 0 radical (unpaired) electrons. The number of Topliss-reactive ketones (excluding diaryl/α,β-unsaturated/α-hetero) is 1. The maximum absolute atomic E-state index is 13.4. The fourth-order valence-electron chi connectivity index (χ4n) is 4.21. The minimum atomic E-state index is -0.258. The number of benzene rings is 2. The van der Waals surface area contributed by atoms with Gasteiger partial charge in [0.1, 0.15) is 0 Å². The van der Waals surface area contributed by atoms with E-state index < -0.39 is 0 Å². The van der Waals surface area contributed by atoms with Crippen LogP contribution in [-0.4, -0.2) is 52.2 Å². The van der Waals surface area contributed by atoms with E-state index in [-0.39, 0.29) is 17.2 Å². The van der Waals surface area contributed by atoms with Crippen molar-refractivity contribution in [1.82, 2.24) is 14.3 Å². The lowest BCUT2D eigenvalue weighted by Gasteiger charge is -2.36.